The Morgan fingerprint density at radius 3 is 2.52 bits per heavy atom. The molecule has 0 spiro atoms. The van der Waals surface area contributed by atoms with Gasteiger partial charge in [-0.15, -0.1) is 0 Å². The highest BCUT2D eigenvalue weighted by Gasteiger charge is 2.14. The van der Waals surface area contributed by atoms with E-state index in [0.717, 1.165) is 11.3 Å². The molecule has 2 rings (SSSR count). The van der Waals surface area contributed by atoms with Crippen LogP contribution in [0.1, 0.15) is 11.1 Å². The van der Waals surface area contributed by atoms with E-state index in [1.165, 1.54) is 6.07 Å². The first kappa shape index (κ1) is 15.5. The topological polar surface area (TPSA) is 40.5 Å². The predicted octanol–water partition coefficient (Wildman–Crippen LogP) is 3.99. The molecule has 0 aliphatic heterocycles. The first-order valence-corrected chi connectivity index (χ1v) is 7.23. The molecule has 0 aliphatic carbocycles. The molecule has 21 heavy (non-hydrogen) atoms. The number of hydrogen-bond donors (Lipinski definition) is 1. The molecule has 110 valence electrons. The number of hydrogen-bond acceptors (Lipinski definition) is 2. The number of carbonyl (C=O) groups is 1. The molecule has 5 heteroatoms. The zero-order chi connectivity index (χ0) is 15.4. The van der Waals surface area contributed by atoms with Gasteiger partial charge in [0.05, 0.1) is 4.47 Å². The van der Waals surface area contributed by atoms with Gasteiger partial charge in [0.2, 0.25) is 0 Å². The first-order chi connectivity index (χ1) is 9.97. The maximum atomic E-state index is 13.6. The molecule has 1 N–H and O–H groups in total. The molecule has 0 aromatic heterocycles. The Labute approximate surface area is 131 Å². The summed E-state index contributed by atoms with van der Waals surface area (Å²) in [7, 11) is 0. The van der Waals surface area contributed by atoms with Crippen molar-refractivity contribution in [1.29, 1.82) is 0 Å². The molecule has 0 amide bonds. The molecule has 3 nitrogen and oxygen atoms in total. The van der Waals surface area contributed by atoms with Crippen LogP contribution in [0.5, 0.6) is 0 Å². The van der Waals surface area contributed by atoms with Crippen LogP contribution in [0.4, 0.5) is 10.1 Å². The molecular formula is C16H15BrFNO2. The van der Waals surface area contributed by atoms with E-state index in [2.05, 4.69) is 15.9 Å². The molecule has 2 aromatic rings. The molecule has 0 fully saturated rings. The summed E-state index contributed by atoms with van der Waals surface area (Å²) in [4.78, 5) is 12.8. The number of nitrogens with zero attached hydrogens (tertiary/aromatic N) is 1. The van der Waals surface area contributed by atoms with Gasteiger partial charge in [-0.3, -0.25) is 4.79 Å². The van der Waals surface area contributed by atoms with Crippen molar-refractivity contribution in [3.8, 4) is 0 Å². The zero-order valence-corrected chi connectivity index (χ0v) is 13.1. The van der Waals surface area contributed by atoms with Crippen LogP contribution in [0.15, 0.2) is 46.9 Å². The zero-order valence-electron chi connectivity index (χ0n) is 11.5. The van der Waals surface area contributed by atoms with Crippen molar-refractivity contribution >= 4 is 27.6 Å². The number of halogens is 2. The number of aliphatic carboxylic acids is 1. The van der Waals surface area contributed by atoms with Gasteiger partial charge >= 0.3 is 5.97 Å². The molecular weight excluding hydrogens is 337 g/mol. The summed E-state index contributed by atoms with van der Waals surface area (Å²) in [5, 5.41) is 9.07. The average Bonchev–Trinajstić information content (AvgIpc) is 2.43. The Bertz CT molecular complexity index is 643. The van der Waals surface area contributed by atoms with Crippen LogP contribution in [0.2, 0.25) is 0 Å². The number of carboxylic acids is 1. The van der Waals surface area contributed by atoms with Crippen molar-refractivity contribution < 1.29 is 14.3 Å². The third kappa shape index (κ3) is 4.04. The Hall–Kier alpha value is -1.88. The molecule has 0 bridgehead atoms. The lowest BCUT2D eigenvalue weighted by Gasteiger charge is -2.23. The van der Waals surface area contributed by atoms with Gasteiger partial charge in [0.1, 0.15) is 12.4 Å². The minimum atomic E-state index is -0.928. The van der Waals surface area contributed by atoms with Gasteiger partial charge in [0, 0.05) is 12.2 Å². The quantitative estimate of drug-likeness (QED) is 0.885. The van der Waals surface area contributed by atoms with Crippen molar-refractivity contribution in [2.24, 2.45) is 0 Å². The van der Waals surface area contributed by atoms with Crippen molar-refractivity contribution in [3.63, 3.8) is 0 Å². The van der Waals surface area contributed by atoms with E-state index in [1.807, 2.05) is 31.2 Å². The van der Waals surface area contributed by atoms with Gasteiger partial charge in [0.25, 0.3) is 0 Å². The SMILES string of the molecule is Cc1ccc(N(CC(=O)O)Cc2cccc(F)c2Br)cc1. The maximum absolute atomic E-state index is 13.6. The van der Waals surface area contributed by atoms with E-state index in [0.29, 0.717) is 16.6 Å². The summed E-state index contributed by atoms with van der Waals surface area (Å²) in [6.45, 7) is 2.13. The monoisotopic (exact) mass is 351 g/mol. The molecule has 0 atom stereocenters. The van der Waals surface area contributed by atoms with E-state index < -0.39 is 5.97 Å². The second kappa shape index (κ2) is 6.72. The van der Waals surface area contributed by atoms with Crippen LogP contribution in [0, 0.1) is 12.7 Å². The van der Waals surface area contributed by atoms with Crippen LogP contribution in [-0.4, -0.2) is 17.6 Å². The summed E-state index contributed by atoms with van der Waals surface area (Å²) in [6, 6.07) is 12.3. The lowest BCUT2D eigenvalue weighted by molar-refractivity contribution is -0.135. The molecule has 0 aliphatic rings. The van der Waals surface area contributed by atoms with Gasteiger partial charge in [0.15, 0.2) is 0 Å². The van der Waals surface area contributed by atoms with Crippen LogP contribution < -0.4 is 4.90 Å². The van der Waals surface area contributed by atoms with Gasteiger partial charge in [-0.2, -0.15) is 0 Å². The lowest BCUT2D eigenvalue weighted by atomic mass is 10.1. The molecule has 0 unspecified atom stereocenters. The molecule has 2 aromatic carbocycles. The highest BCUT2D eigenvalue weighted by Crippen LogP contribution is 2.24. The third-order valence-electron chi connectivity index (χ3n) is 3.12. The van der Waals surface area contributed by atoms with E-state index in [-0.39, 0.29) is 12.4 Å². The fourth-order valence-electron chi connectivity index (χ4n) is 2.03. The van der Waals surface area contributed by atoms with Gasteiger partial charge in [-0.1, -0.05) is 29.8 Å². The van der Waals surface area contributed by atoms with E-state index in [9.17, 15) is 9.18 Å². The lowest BCUT2D eigenvalue weighted by Crippen LogP contribution is -2.29. The third-order valence-corrected chi connectivity index (χ3v) is 4.01. The first-order valence-electron chi connectivity index (χ1n) is 6.43. The summed E-state index contributed by atoms with van der Waals surface area (Å²) in [6.07, 6.45) is 0. The Morgan fingerprint density at radius 1 is 1.24 bits per heavy atom. The van der Waals surface area contributed by atoms with Gasteiger partial charge in [-0.25, -0.2) is 4.39 Å². The standard InChI is InChI=1S/C16H15BrFNO2/c1-11-5-7-13(8-6-11)19(10-15(20)21)9-12-3-2-4-14(18)16(12)17/h2-8H,9-10H2,1H3,(H,20,21). The Kier molecular flexibility index (Phi) is 4.96. The van der Waals surface area contributed by atoms with Crippen molar-refractivity contribution in [2.45, 2.75) is 13.5 Å². The second-order valence-electron chi connectivity index (χ2n) is 4.80. The van der Waals surface area contributed by atoms with Crippen LogP contribution >= 0.6 is 15.9 Å². The van der Waals surface area contributed by atoms with Crippen molar-refractivity contribution in [2.75, 3.05) is 11.4 Å². The normalized spacial score (nSPS) is 10.4. The number of rotatable bonds is 5. The van der Waals surface area contributed by atoms with E-state index in [4.69, 9.17) is 5.11 Å². The van der Waals surface area contributed by atoms with Gasteiger partial charge in [-0.05, 0) is 46.6 Å². The second-order valence-corrected chi connectivity index (χ2v) is 5.59. The van der Waals surface area contributed by atoms with Crippen LogP contribution in [0.3, 0.4) is 0 Å². The Balaban J connectivity index is 2.30. The smallest absolute Gasteiger partial charge is 0.323 e. The number of benzene rings is 2. The van der Waals surface area contributed by atoms with Crippen molar-refractivity contribution in [3.05, 3.63) is 63.9 Å². The van der Waals surface area contributed by atoms with Crippen molar-refractivity contribution in [1.82, 2.24) is 0 Å². The highest BCUT2D eigenvalue weighted by molar-refractivity contribution is 9.10. The van der Waals surface area contributed by atoms with Gasteiger partial charge < -0.3 is 10.0 Å². The number of anilines is 1. The number of carboxylic acid groups (broad SMARTS) is 1. The average molecular weight is 352 g/mol. The summed E-state index contributed by atoms with van der Waals surface area (Å²) in [5.74, 6) is -1.28. The summed E-state index contributed by atoms with van der Waals surface area (Å²) >= 11 is 3.21. The minimum Gasteiger partial charge on any atom is -0.480 e. The predicted molar refractivity (Wildman–Crippen MR) is 84.0 cm³/mol. The molecule has 0 radical (unpaired) electrons. The molecule has 0 saturated carbocycles. The Morgan fingerprint density at radius 2 is 1.90 bits per heavy atom. The molecule has 0 saturated heterocycles. The highest BCUT2D eigenvalue weighted by atomic mass is 79.9. The fourth-order valence-corrected chi connectivity index (χ4v) is 2.42. The minimum absolute atomic E-state index is 0.147. The summed E-state index contributed by atoms with van der Waals surface area (Å²) < 4.78 is 13.9. The summed E-state index contributed by atoms with van der Waals surface area (Å²) in [5.41, 5.74) is 2.59. The van der Waals surface area contributed by atoms with Crippen LogP contribution in [-0.2, 0) is 11.3 Å². The van der Waals surface area contributed by atoms with Crippen LogP contribution in [0.25, 0.3) is 0 Å². The fraction of sp³-hybridized carbons (Fsp3) is 0.188. The largest absolute Gasteiger partial charge is 0.480 e. The molecule has 0 heterocycles. The van der Waals surface area contributed by atoms with E-state index in [1.54, 1.807) is 17.0 Å². The maximum Gasteiger partial charge on any atom is 0.323 e. The number of aryl methyl sites for hydroxylation is 1. The van der Waals surface area contributed by atoms with E-state index >= 15 is 0 Å².